The maximum Gasteiger partial charge on any atom is 0.0705 e. The summed E-state index contributed by atoms with van der Waals surface area (Å²) in [5.41, 5.74) is 10.0. The number of nitrogens with zero attached hydrogens (tertiary/aromatic N) is 1. The number of para-hydroxylation sites is 1. The number of nitrogens with two attached hydrogens (primary N) is 1. The number of fused-ring (bicyclic) bond motifs is 1. The molecule has 0 aliphatic carbocycles. The van der Waals surface area contributed by atoms with E-state index in [1.54, 1.807) is 0 Å². The molecular formula is C19H20N2. The third-order valence-electron chi connectivity index (χ3n) is 3.91. The first-order valence-corrected chi connectivity index (χ1v) is 7.48. The van der Waals surface area contributed by atoms with Crippen molar-refractivity contribution in [1.82, 2.24) is 4.98 Å². The fourth-order valence-electron chi connectivity index (χ4n) is 2.77. The van der Waals surface area contributed by atoms with Gasteiger partial charge in [-0.1, -0.05) is 48.5 Å². The first-order chi connectivity index (χ1) is 10.3. The van der Waals surface area contributed by atoms with Gasteiger partial charge in [0, 0.05) is 17.6 Å². The van der Waals surface area contributed by atoms with Gasteiger partial charge in [-0.05, 0) is 42.5 Å². The van der Waals surface area contributed by atoms with Gasteiger partial charge in [-0.2, -0.15) is 0 Å². The summed E-state index contributed by atoms with van der Waals surface area (Å²) in [6, 6.07) is 20.9. The summed E-state index contributed by atoms with van der Waals surface area (Å²) in [6.07, 6.45) is 5.02. The predicted molar refractivity (Wildman–Crippen MR) is 88.1 cm³/mol. The molecule has 2 N–H and O–H groups in total. The van der Waals surface area contributed by atoms with E-state index >= 15 is 0 Å². The Balaban J connectivity index is 1.68. The molecule has 21 heavy (non-hydrogen) atoms. The predicted octanol–water partition coefficient (Wildman–Crippen LogP) is 4.26. The zero-order chi connectivity index (χ0) is 14.5. The summed E-state index contributed by atoms with van der Waals surface area (Å²) in [5, 5.41) is 1.17. The number of aromatic nitrogens is 1. The SMILES string of the molecule is NC(CCCc1ccccc1)c1ccnc2ccccc12. The zero-order valence-electron chi connectivity index (χ0n) is 12.1. The van der Waals surface area contributed by atoms with Gasteiger partial charge in [-0.25, -0.2) is 0 Å². The molecule has 0 amide bonds. The van der Waals surface area contributed by atoms with E-state index in [2.05, 4.69) is 47.4 Å². The summed E-state index contributed by atoms with van der Waals surface area (Å²) >= 11 is 0. The number of hydrogen-bond acceptors (Lipinski definition) is 2. The van der Waals surface area contributed by atoms with Crippen LogP contribution in [0.1, 0.15) is 30.0 Å². The first kappa shape index (κ1) is 13.8. The Morgan fingerprint density at radius 1 is 0.905 bits per heavy atom. The second kappa shape index (κ2) is 6.51. The molecule has 0 saturated heterocycles. The van der Waals surface area contributed by atoms with Crippen molar-refractivity contribution in [3.05, 3.63) is 78.0 Å². The second-order valence-corrected chi connectivity index (χ2v) is 5.40. The highest BCUT2D eigenvalue weighted by molar-refractivity contribution is 5.82. The average molecular weight is 276 g/mol. The van der Waals surface area contributed by atoms with Gasteiger partial charge in [0.2, 0.25) is 0 Å². The Morgan fingerprint density at radius 3 is 2.52 bits per heavy atom. The van der Waals surface area contributed by atoms with Crippen molar-refractivity contribution in [2.24, 2.45) is 5.73 Å². The molecular weight excluding hydrogens is 256 g/mol. The number of pyridine rings is 1. The molecule has 0 aliphatic heterocycles. The van der Waals surface area contributed by atoms with Crippen LogP contribution in [-0.2, 0) is 6.42 Å². The van der Waals surface area contributed by atoms with E-state index in [1.807, 2.05) is 24.4 Å². The minimum atomic E-state index is 0.0709. The number of hydrogen-bond donors (Lipinski definition) is 1. The van der Waals surface area contributed by atoms with Crippen LogP contribution >= 0.6 is 0 Å². The van der Waals surface area contributed by atoms with Crippen LogP contribution < -0.4 is 5.73 Å². The zero-order valence-corrected chi connectivity index (χ0v) is 12.1. The molecule has 2 heteroatoms. The van der Waals surface area contributed by atoms with Crippen molar-refractivity contribution in [1.29, 1.82) is 0 Å². The molecule has 0 aliphatic rings. The van der Waals surface area contributed by atoms with Crippen molar-refractivity contribution in [2.45, 2.75) is 25.3 Å². The lowest BCUT2D eigenvalue weighted by Gasteiger charge is -2.14. The average Bonchev–Trinajstić information content (AvgIpc) is 2.55. The van der Waals surface area contributed by atoms with E-state index in [9.17, 15) is 0 Å². The summed E-state index contributed by atoms with van der Waals surface area (Å²) in [7, 11) is 0. The minimum absolute atomic E-state index is 0.0709. The van der Waals surface area contributed by atoms with Crippen LogP contribution in [0.2, 0.25) is 0 Å². The van der Waals surface area contributed by atoms with Crippen LogP contribution in [0, 0.1) is 0 Å². The lowest BCUT2D eigenvalue weighted by Crippen LogP contribution is -2.11. The van der Waals surface area contributed by atoms with Crippen LogP contribution in [0.15, 0.2) is 66.9 Å². The molecule has 0 bridgehead atoms. The standard InChI is InChI=1S/C19H20N2/c20-18(11-6-9-15-7-2-1-3-8-15)16-13-14-21-19-12-5-4-10-17(16)19/h1-5,7-8,10,12-14,18H,6,9,11,20H2. The van der Waals surface area contributed by atoms with Crippen LogP contribution in [0.5, 0.6) is 0 Å². The van der Waals surface area contributed by atoms with Crippen LogP contribution in [0.25, 0.3) is 10.9 Å². The molecule has 2 aromatic carbocycles. The van der Waals surface area contributed by atoms with Gasteiger partial charge < -0.3 is 5.73 Å². The van der Waals surface area contributed by atoms with Gasteiger partial charge in [-0.15, -0.1) is 0 Å². The lowest BCUT2D eigenvalue weighted by atomic mass is 9.97. The van der Waals surface area contributed by atoms with Crippen LogP contribution in [0.3, 0.4) is 0 Å². The Labute approximate surface area is 125 Å². The van der Waals surface area contributed by atoms with Crippen molar-refractivity contribution < 1.29 is 0 Å². The van der Waals surface area contributed by atoms with Crippen LogP contribution in [0.4, 0.5) is 0 Å². The van der Waals surface area contributed by atoms with E-state index in [4.69, 9.17) is 5.73 Å². The maximum atomic E-state index is 6.40. The third kappa shape index (κ3) is 3.29. The largest absolute Gasteiger partial charge is 0.324 e. The molecule has 0 saturated carbocycles. The van der Waals surface area contributed by atoms with Gasteiger partial charge in [-0.3, -0.25) is 4.98 Å². The molecule has 1 aromatic heterocycles. The Bertz CT molecular complexity index is 702. The maximum absolute atomic E-state index is 6.40. The molecule has 3 rings (SSSR count). The molecule has 1 unspecified atom stereocenters. The fourth-order valence-corrected chi connectivity index (χ4v) is 2.77. The summed E-state index contributed by atoms with van der Waals surface area (Å²) in [4.78, 5) is 4.40. The van der Waals surface area contributed by atoms with Crippen molar-refractivity contribution in [2.75, 3.05) is 0 Å². The van der Waals surface area contributed by atoms with Gasteiger partial charge in [0.05, 0.1) is 5.52 Å². The molecule has 0 spiro atoms. The topological polar surface area (TPSA) is 38.9 Å². The Morgan fingerprint density at radius 2 is 1.67 bits per heavy atom. The highest BCUT2D eigenvalue weighted by atomic mass is 14.7. The summed E-state index contributed by atoms with van der Waals surface area (Å²) in [5.74, 6) is 0. The molecule has 106 valence electrons. The van der Waals surface area contributed by atoms with E-state index < -0.39 is 0 Å². The van der Waals surface area contributed by atoms with Gasteiger partial charge in [0.15, 0.2) is 0 Å². The van der Waals surface area contributed by atoms with E-state index in [-0.39, 0.29) is 6.04 Å². The smallest absolute Gasteiger partial charge is 0.0705 e. The fraction of sp³-hybridized carbons (Fsp3) is 0.211. The number of aryl methyl sites for hydroxylation is 1. The summed E-state index contributed by atoms with van der Waals surface area (Å²) < 4.78 is 0. The van der Waals surface area contributed by atoms with Crippen molar-refractivity contribution in [3.8, 4) is 0 Å². The molecule has 0 radical (unpaired) electrons. The minimum Gasteiger partial charge on any atom is -0.324 e. The van der Waals surface area contributed by atoms with Crippen LogP contribution in [-0.4, -0.2) is 4.98 Å². The summed E-state index contributed by atoms with van der Waals surface area (Å²) in [6.45, 7) is 0. The van der Waals surface area contributed by atoms with E-state index in [0.29, 0.717) is 0 Å². The quantitative estimate of drug-likeness (QED) is 0.756. The van der Waals surface area contributed by atoms with Gasteiger partial charge in [0.25, 0.3) is 0 Å². The monoisotopic (exact) mass is 276 g/mol. The second-order valence-electron chi connectivity index (χ2n) is 5.40. The highest BCUT2D eigenvalue weighted by Gasteiger charge is 2.09. The molecule has 3 aromatic rings. The third-order valence-corrected chi connectivity index (χ3v) is 3.91. The highest BCUT2D eigenvalue weighted by Crippen LogP contribution is 2.24. The van der Waals surface area contributed by atoms with E-state index in [1.165, 1.54) is 16.5 Å². The number of rotatable bonds is 5. The molecule has 1 heterocycles. The van der Waals surface area contributed by atoms with E-state index in [0.717, 1.165) is 24.8 Å². The normalized spacial score (nSPS) is 12.4. The Kier molecular flexibility index (Phi) is 4.27. The Hall–Kier alpha value is -2.19. The molecule has 0 fully saturated rings. The lowest BCUT2D eigenvalue weighted by molar-refractivity contribution is 0.614. The number of benzene rings is 2. The molecule has 1 atom stereocenters. The van der Waals surface area contributed by atoms with Gasteiger partial charge >= 0.3 is 0 Å². The molecule has 2 nitrogen and oxygen atoms in total. The van der Waals surface area contributed by atoms with Crippen molar-refractivity contribution >= 4 is 10.9 Å². The van der Waals surface area contributed by atoms with Crippen molar-refractivity contribution in [3.63, 3.8) is 0 Å². The van der Waals surface area contributed by atoms with Gasteiger partial charge in [0.1, 0.15) is 0 Å². The first-order valence-electron chi connectivity index (χ1n) is 7.48.